The van der Waals surface area contributed by atoms with Crippen LogP contribution in [0.5, 0.6) is 0 Å². The zero-order valence-electron chi connectivity index (χ0n) is 28.4. The predicted molar refractivity (Wildman–Crippen MR) is 170 cm³/mol. The fourth-order valence-electron chi connectivity index (χ4n) is 5.48. The molecule has 16 atom stereocenters. The summed E-state index contributed by atoms with van der Waals surface area (Å²) in [4.78, 5) is 25.2. The number of aliphatic hydroxyl groups is 14. The van der Waals surface area contributed by atoms with Gasteiger partial charge in [0.15, 0.2) is 24.1 Å². The Morgan fingerprint density at radius 1 is 0.538 bits per heavy atom. The van der Waals surface area contributed by atoms with Crippen LogP contribution in [0.2, 0.25) is 0 Å². The van der Waals surface area contributed by atoms with Crippen LogP contribution >= 0.6 is 0 Å². The molecule has 306 valence electrons. The summed E-state index contributed by atoms with van der Waals surface area (Å²) in [6.45, 7) is -3.50. The van der Waals surface area contributed by atoms with Crippen LogP contribution in [0, 0.1) is 0 Å². The smallest absolute Gasteiger partial charge is 0.187 e. The Morgan fingerprint density at radius 2 is 0.885 bits per heavy atom. The average molecular weight is 765 g/mol. The van der Waals surface area contributed by atoms with Gasteiger partial charge in [-0.05, 0) is 25.9 Å². The third-order valence-electron chi connectivity index (χ3n) is 8.75. The van der Waals surface area contributed by atoms with E-state index in [-0.39, 0.29) is 13.1 Å². The molecule has 0 aromatic carbocycles. The lowest BCUT2D eigenvalue weighted by Gasteiger charge is -2.41. The van der Waals surface area contributed by atoms with Crippen molar-refractivity contribution in [2.24, 2.45) is 0 Å². The minimum atomic E-state index is -2.00. The molecule has 0 spiro atoms. The third-order valence-corrected chi connectivity index (χ3v) is 8.75. The zero-order valence-corrected chi connectivity index (χ0v) is 28.4. The molecule has 2 heterocycles. The van der Waals surface area contributed by atoms with Crippen molar-refractivity contribution in [2.75, 3.05) is 52.6 Å². The summed E-state index contributed by atoms with van der Waals surface area (Å²) in [5, 5.41) is 144. The van der Waals surface area contributed by atoms with E-state index in [1.807, 2.05) is 0 Å². The maximum absolute atomic E-state index is 12.6. The Balaban J connectivity index is 1.70. The van der Waals surface area contributed by atoms with Gasteiger partial charge in [0, 0.05) is 0 Å². The van der Waals surface area contributed by atoms with Gasteiger partial charge in [-0.15, -0.1) is 0 Å². The third kappa shape index (κ3) is 13.1. The molecule has 2 aliphatic heterocycles. The second-order valence-corrected chi connectivity index (χ2v) is 12.7. The molecule has 22 heteroatoms. The number of hydrogen-bond acceptors (Lipinski definition) is 22. The molecule has 2 unspecified atom stereocenters. The maximum Gasteiger partial charge on any atom is 0.187 e. The van der Waals surface area contributed by atoms with Gasteiger partial charge >= 0.3 is 0 Å². The highest BCUT2D eigenvalue weighted by atomic mass is 16.7. The molecule has 2 rings (SSSR count). The normalized spacial score (nSPS) is 33.2. The minimum absolute atomic E-state index is 0.334. The number of carbonyl (C=O) groups excluding carboxylic acids is 2. The molecule has 0 radical (unpaired) electrons. The molecule has 0 aromatic rings. The molecular weight excluding hydrogens is 708 g/mol. The molecule has 52 heavy (non-hydrogen) atoms. The quantitative estimate of drug-likeness (QED) is 0.0384. The van der Waals surface area contributed by atoms with E-state index in [1.54, 1.807) is 0 Å². The Morgan fingerprint density at radius 3 is 1.19 bits per heavy atom. The molecule has 0 saturated carbocycles. The number of Topliss-reactive ketones (excluding diaryl/α,β-unsaturated/α-hetero) is 2. The number of unbranched alkanes of at least 4 members (excludes halogenated alkanes) is 3. The van der Waals surface area contributed by atoms with Crippen LogP contribution in [0.1, 0.15) is 25.7 Å². The lowest BCUT2D eigenvalue weighted by Crippen LogP contribution is -2.61. The van der Waals surface area contributed by atoms with Gasteiger partial charge in [0.05, 0.1) is 39.5 Å². The van der Waals surface area contributed by atoms with E-state index >= 15 is 0 Å². The van der Waals surface area contributed by atoms with E-state index in [9.17, 15) is 81.1 Å². The van der Waals surface area contributed by atoms with Gasteiger partial charge in [0.1, 0.15) is 85.5 Å². The van der Waals surface area contributed by atoms with Crippen LogP contribution < -0.4 is 10.6 Å². The Kier molecular flexibility index (Phi) is 21.1. The lowest BCUT2D eigenvalue weighted by atomic mass is 9.98. The van der Waals surface area contributed by atoms with Crippen molar-refractivity contribution >= 4 is 11.6 Å². The summed E-state index contributed by atoms with van der Waals surface area (Å²) in [5.41, 5.74) is 0. The standard InChI is InChI=1S/C30H56N2O20/c33-9-15(39)27(51-29-25(47)23(45)21(43)17(11-35)49-29)19(41)13(37)7-31-5-3-1-2-4-6-32-8-14(38)20(42)28(16(40)10-34)52-30-26(48)24(46)22(44)18(12-36)50-30/h15-36,39-48H,1-12H2/t15-,16-,17+,18+,19-,20-,21-,22-,23-,24-,25+,26+,27-,28-,29?,30?/m0/s1. The van der Waals surface area contributed by atoms with Gasteiger partial charge in [-0.2, -0.15) is 0 Å². The highest BCUT2D eigenvalue weighted by Crippen LogP contribution is 2.26. The fourth-order valence-corrected chi connectivity index (χ4v) is 5.48. The number of carbonyl (C=O) groups is 2. The van der Waals surface area contributed by atoms with Gasteiger partial charge in [-0.1, -0.05) is 12.8 Å². The minimum Gasteiger partial charge on any atom is -0.394 e. The SMILES string of the molecule is O=C(CNCCCCCCNCC(=O)[C@H](O)[C@@H](OC1O[C@H](CO)[C@H](O)[C@H](O)[C@H]1O)[C@@H](O)CO)[C@H](O)[C@@H](OC1O[C@H](CO)[C@H](O)[C@H](O)[C@H]1O)[C@@H](O)CO. The topological polar surface area (TPSA) is 378 Å². The molecule has 22 nitrogen and oxygen atoms in total. The highest BCUT2D eigenvalue weighted by molar-refractivity contribution is 5.85. The molecule has 0 aliphatic carbocycles. The van der Waals surface area contributed by atoms with Crippen molar-refractivity contribution in [3.05, 3.63) is 0 Å². The molecule has 0 aromatic heterocycles. The maximum atomic E-state index is 12.6. The number of aliphatic hydroxyl groups excluding tert-OH is 14. The summed E-state index contributed by atoms with van der Waals surface area (Å²) in [7, 11) is 0. The van der Waals surface area contributed by atoms with Gasteiger partial charge in [0.25, 0.3) is 0 Å². The van der Waals surface area contributed by atoms with Gasteiger partial charge in [-0.3, -0.25) is 9.59 Å². The largest absolute Gasteiger partial charge is 0.394 e. The van der Waals surface area contributed by atoms with Crippen molar-refractivity contribution in [2.45, 2.75) is 124 Å². The summed E-state index contributed by atoms with van der Waals surface area (Å²) >= 11 is 0. The fraction of sp³-hybridized carbons (Fsp3) is 0.933. The van der Waals surface area contributed by atoms with E-state index in [0.717, 1.165) is 0 Å². The van der Waals surface area contributed by atoms with Crippen LogP contribution in [0.15, 0.2) is 0 Å². The summed E-state index contributed by atoms with van der Waals surface area (Å²) in [6.07, 6.45) is -25.7. The molecule has 0 amide bonds. The first kappa shape index (κ1) is 46.7. The first-order valence-corrected chi connectivity index (χ1v) is 17.0. The predicted octanol–water partition coefficient (Wildman–Crippen LogP) is -9.34. The highest BCUT2D eigenvalue weighted by Gasteiger charge is 2.48. The van der Waals surface area contributed by atoms with Crippen LogP contribution in [-0.4, -0.2) is 234 Å². The summed E-state index contributed by atoms with van der Waals surface area (Å²) in [5.74, 6) is -1.68. The lowest BCUT2D eigenvalue weighted by molar-refractivity contribution is -0.323. The van der Waals surface area contributed by atoms with Crippen LogP contribution in [0.3, 0.4) is 0 Å². The summed E-state index contributed by atoms with van der Waals surface area (Å²) in [6, 6.07) is 0. The summed E-state index contributed by atoms with van der Waals surface area (Å²) < 4.78 is 21.0. The van der Waals surface area contributed by atoms with E-state index < -0.39 is 136 Å². The first-order valence-electron chi connectivity index (χ1n) is 17.0. The van der Waals surface area contributed by atoms with Gasteiger partial charge in [-0.25, -0.2) is 0 Å². The van der Waals surface area contributed by atoms with Crippen molar-refractivity contribution < 1.29 is 100 Å². The molecular formula is C30H56N2O20. The van der Waals surface area contributed by atoms with Crippen molar-refractivity contribution in [3.63, 3.8) is 0 Å². The Hall–Kier alpha value is -1.46. The molecule has 2 aliphatic rings. The van der Waals surface area contributed by atoms with E-state index in [2.05, 4.69) is 10.6 Å². The second kappa shape index (κ2) is 23.5. The average Bonchev–Trinajstić information content (AvgIpc) is 3.14. The second-order valence-electron chi connectivity index (χ2n) is 12.7. The van der Waals surface area contributed by atoms with Crippen molar-refractivity contribution in [1.82, 2.24) is 10.6 Å². The van der Waals surface area contributed by atoms with Crippen LogP contribution in [0.4, 0.5) is 0 Å². The number of rotatable bonds is 25. The molecule has 0 bridgehead atoms. The number of nitrogens with one attached hydrogen (secondary N) is 2. The van der Waals surface area contributed by atoms with Crippen LogP contribution in [0.25, 0.3) is 0 Å². The first-order chi connectivity index (χ1) is 24.6. The van der Waals surface area contributed by atoms with Crippen molar-refractivity contribution in [1.29, 1.82) is 0 Å². The Labute approximate surface area is 298 Å². The monoisotopic (exact) mass is 764 g/mol. The molecule has 2 saturated heterocycles. The van der Waals surface area contributed by atoms with E-state index in [4.69, 9.17) is 18.9 Å². The molecule has 2 fully saturated rings. The van der Waals surface area contributed by atoms with E-state index in [0.29, 0.717) is 38.8 Å². The van der Waals surface area contributed by atoms with Crippen LogP contribution in [-0.2, 0) is 28.5 Å². The molecule has 16 N–H and O–H groups in total. The number of ketones is 2. The van der Waals surface area contributed by atoms with E-state index in [1.165, 1.54) is 0 Å². The van der Waals surface area contributed by atoms with Gasteiger partial charge in [0.2, 0.25) is 0 Å². The number of ether oxygens (including phenoxy) is 4. The van der Waals surface area contributed by atoms with Gasteiger partial charge < -0.3 is 101 Å². The zero-order chi connectivity index (χ0) is 39.1. The Bertz CT molecular complexity index is 951. The number of hydrogen-bond donors (Lipinski definition) is 16. The van der Waals surface area contributed by atoms with Crippen molar-refractivity contribution in [3.8, 4) is 0 Å².